The van der Waals surface area contributed by atoms with Crippen molar-refractivity contribution in [3.8, 4) is 5.75 Å². The van der Waals surface area contributed by atoms with E-state index in [1.807, 2.05) is 12.1 Å². The van der Waals surface area contributed by atoms with Gasteiger partial charge in [0.2, 0.25) is 0 Å². The Morgan fingerprint density at radius 2 is 1.26 bits per heavy atom. The topological polar surface area (TPSA) is 40.5 Å². The number of anilines is 1. The monoisotopic (exact) mass is 479 g/mol. The summed E-state index contributed by atoms with van der Waals surface area (Å²) < 4.78 is 0. The van der Waals surface area contributed by atoms with E-state index < -0.39 is 0 Å². The molecule has 0 aliphatic carbocycles. The zero-order valence-corrected chi connectivity index (χ0v) is 22.4. The van der Waals surface area contributed by atoms with Gasteiger partial charge in [0.1, 0.15) is 11.5 Å². The van der Waals surface area contributed by atoms with Crippen LogP contribution < -0.4 is 4.90 Å². The molecule has 0 unspecified atom stereocenters. The minimum atomic E-state index is 0.236. The lowest BCUT2D eigenvalue weighted by atomic mass is 10.0. The van der Waals surface area contributed by atoms with Crippen LogP contribution in [0.1, 0.15) is 108 Å². The van der Waals surface area contributed by atoms with Crippen LogP contribution in [0.5, 0.6) is 5.75 Å². The number of hydrogen-bond acceptors (Lipinski definition) is 3. The Hall–Kier alpha value is -2.29. The van der Waals surface area contributed by atoms with E-state index in [0.29, 0.717) is 12.8 Å². The zero-order chi connectivity index (χ0) is 25.1. The van der Waals surface area contributed by atoms with Crippen LogP contribution in [-0.2, 0) is 17.6 Å². The highest BCUT2D eigenvalue weighted by molar-refractivity contribution is 5.81. The maximum atomic E-state index is 12.3. The van der Waals surface area contributed by atoms with Gasteiger partial charge in [-0.2, -0.15) is 0 Å². The smallest absolute Gasteiger partial charge is 0.137 e. The number of phenolic OH excluding ortho intramolecular Hbond substituents is 1. The maximum Gasteiger partial charge on any atom is 0.137 e. The molecular weight excluding hydrogens is 430 g/mol. The van der Waals surface area contributed by atoms with Crippen LogP contribution in [0.25, 0.3) is 0 Å². The second-order valence-corrected chi connectivity index (χ2v) is 9.93. The number of phenols is 1. The lowest BCUT2D eigenvalue weighted by molar-refractivity contribution is -0.118. The molecular formula is C32H49NO2. The quantitative estimate of drug-likeness (QED) is 0.193. The first kappa shape index (κ1) is 28.9. The van der Waals surface area contributed by atoms with Crippen LogP contribution in [0, 0.1) is 0 Å². The number of carbonyl (C=O) groups is 1. The highest BCUT2D eigenvalue weighted by atomic mass is 16.3. The summed E-state index contributed by atoms with van der Waals surface area (Å²) in [6, 6.07) is 16.5. The SMILES string of the molecule is CCN(CC)c1ccc(CC(=O)CCCCCCCCCCCCCCc2ccccc2)c(O)c1. The fourth-order valence-corrected chi connectivity index (χ4v) is 4.85. The largest absolute Gasteiger partial charge is 0.508 e. The van der Waals surface area contributed by atoms with Gasteiger partial charge in [0.15, 0.2) is 0 Å². The van der Waals surface area contributed by atoms with Crippen molar-refractivity contribution in [2.45, 2.75) is 110 Å². The molecule has 0 aromatic heterocycles. The first-order valence-electron chi connectivity index (χ1n) is 14.3. The maximum absolute atomic E-state index is 12.3. The Balaban J connectivity index is 1.40. The van der Waals surface area contributed by atoms with Gasteiger partial charge in [-0.25, -0.2) is 0 Å². The molecule has 0 amide bonds. The molecule has 3 nitrogen and oxygen atoms in total. The third-order valence-corrected chi connectivity index (χ3v) is 7.10. The van der Waals surface area contributed by atoms with Gasteiger partial charge in [-0.3, -0.25) is 4.79 Å². The van der Waals surface area contributed by atoms with E-state index in [9.17, 15) is 9.90 Å². The highest BCUT2D eigenvalue weighted by Gasteiger charge is 2.10. The molecule has 0 radical (unpaired) electrons. The molecule has 0 fully saturated rings. The molecule has 2 aromatic rings. The lowest BCUT2D eigenvalue weighted by Crippen LogP contribution is -2.21. The van der Waals surface area contributed by atoms with Crippen molar-refractivity contribution in [1.82, 2.24) is 0 Å². The van der Waals surface area contributed by atoms with Crippen molar-refractivity contribution in [2.75, 3.05) is 18.0 Å². The average Bonchev–Trinajstić information content (AvgIpc) is 2.87. The molecule has 0 saturated heterocycles. The van der Waals surface area contributed by atoms with Crippen molar-refractivity contribution < 1.29 is 9.90 Å². The second-order valence-electron chi connectivity index (χ2n) is 9.93. The number of benzene rings is 2. The summed E-state index contributed by atoms with van der Waals surface area (Å²) in [7, 11) is 0. The summed E-state index contributed by atoms with van der Waals surface area (Å²) in [4.78, 5) is 14.5. The highest BCUT2D eigenvalue weighted by Crippen LogP contribution is 2.25. The van der Waals surface area contributed by atoms with E-state index in [4.69, 9.17) is 0 Å². The number of rotatable bonds is 20. The van der Waals surface area contributed by atoms with Crippen molar-refractivity contribution in [3.63, 3.8) is 0 Å². The Morgan fingerprint density at radius 1 is 0.714 bits per heavy atom. The molecule has 2 rings (SSSR count). The number of Topliss-reactive ketones (excluding diaryl/α,β-unsaturated/α-hetero) is 1. The summed E-state index contributed by atoms with van der Waals surface area (Å²) in [6.45, 7) is 6.02. The molecule has 0 aliphatic heterocycles. The van der Waals surface area contributed by atoms with Gasteiger partial charge in [-0.1, -0.05) is 101 Å². The molecule has 3 heteroatoms. The van der Waals surface area contributed by atoms with Crippen molar-refractivity contribution in [2.24, 2.45) is 0 Å². The third-order valence-electron chi connectivity index (χ3n) is 7.10. The number of hydrogen-bond donors (Lipinski definition) is 1. The first-order valence-corrected chi connectivity index (χ1v) is 14.3. The number of aromatic hydroxyl groups is 1. The first-order chi connectivity index (χ1) is 17.1. The summed E-state index contributed by atoms with van der Waals surface area (Å²) in [5, 5.41) is 10.3. The molecule has 0 spiro atoms. The molecule has 0 bridgehead atoms. The summed E-state index contributed by atoms with van der Waals surface area (Å²) >= 11 is 0. The fraction of sp³-hybridized carbons (Fsp3) is 0.594. The fourth-order valence-electron chi connectivity index (χ4n) is 4.85. The Kier molecular flexibility index (Phi) is 14.9. The van der Waals surface area contributed by atoms with Gasteiger partial charge in [-0.15, -0.1) is 0 Å². The zero-order valence-electron chi connectivity index (χ0n) is 22.4. The van der Waals surface area contributed by atoms with Crippen LogP contribution in [0.2, 0.25) is 0 Å². The van der Waals surface area contributed by atoms with Crippen molar-refractivity contribution >= 4 is 11.5 Å². The van der Waals surface area contributed by atoms with Gasteiger partial charge in [0, 0.05) is 43.2 Å². The molecule has 0 saturated carbocycles. The molecule has 1 N–H and O–H groups in total. The van der Waals surface area contributed by atoms with Crippen LogP contribution in [-0.4, -0.2) is 24.0 Å². The Labute approximate surface area is 215 Å². The third kappa shape index (κ3) is 12.3. The second kappa shape index (κ2) is 18.0. The Bertz CT molecular complexity index is 814. The predicted molar refractivity (Wildman–Crippen MR) is 151 cm³/mol. The van der Waals surface area contributed by atoms with E-state index >= 15 is 0 Å². The van der Waals surface area contributed by atoms with E-state index in [2.05, 4.69) is 49.1 Å². The van der Waals surface area contributed by atoms with Gasteiger partial charge < -0.3 is 10.0 Å². The van der Waals surface area contributed by atoms with Crippen LogP contribution in [0.4, 0.5) is 5.69 Å². The molecule has 0 aliphatic rings. The van der Waals surface area contributed by atoms with E-state index in [0.717, 1.165) is 37.2 Å². The van der Waals surface area contributed by atoms with Crippen LogP contribution in [0.15, 0.2) is 48.5 Å². The minimum Gasteiger partial charge on any atom is -0.508 e. The molecule has 0 atom stereocenters. The number of nitrogens with zero attached hydrogens (tertiary/aromatic N) is 1. The molecule has 0 heterocycles. The van der Waals surface area contributed by atoms with E-state index in [1.165, 1.54) is 76.2 Å². The average molecular weight is 480 g/mol. The Morgan fingerprint density at radius 3 is 1.80 bits per heavy atom. The predicted octanol–water partition coefficient (Wildman–Crippen LogP) is 8.66. The van der Waals surface area contributed by atoms with E-state index in [-0.39, 0.29) is 11.5 Å². The minimum absolute atomic E-state index is 0.236. The number of ketones is 1. The van der Waals surface area contributed by atoms with Crippen molar-refractivity contribution in [3.05, 3.63) is 59.7 Å². The van der Waals surface area contributed by atoms with Crippen LogP contribution in [0.3, 0.4) is 0 Å². The lowest BCUT2D eigenvalue weighted by Gasteiger charge is -2.21. The molecule has 194 valence electrons. The number of carbonyl (C=O) groups excluding carboxylic acids is 1. The van der Waals surface area contributed by atoms with Crippen molar-refractivity contribution in [1.29, 1.82) is 0 Å². The number of unbranched alkanes of at least 4 members (excludes halogenated alkanes) is 11. The number of aryl methyl sites for hydroxylation is 1. The summed E-state index contributed by atoms with van der Waals surface area (Å²) in [6.07, 6.45) is 17.7. The van der Waals surface area contributed by atoms with Gasteiger partial charge >= 0.3 is 0 Å². The van der Waals surface area contributed by atoms with Gasteiger partial charge in [-0.05, 0) is 44.7 Å². The standard InChI is InChI=1S/C32H49NO2/c1-3-33(4-2)30-25-24-29(32(35)27-30)26-31(34)23-19-14-12-10-8-6-5-7-9-11-13-16-20-28-21-17-15-18-22-28/h15,17-18,21-22,24-25,27,35H,3-14,16,19-20,23,26H2,1-2H3. The van der Waals surface area contributed by atoms with Crippen LogP contribution >= 0.6 is 0 Å². The molecule has 35 heavy (non-hydrogen) atoms. The summed E-state index contributed by atoms with van der Waals surface area (Å²) in [5.41, 5.74) is 3.24. The van der Waals surface area contributed by atoms with E-state index in [1.54, 1.807) is 6.07 Å². The molecule has 2 aromatic carbocycles. The normalized spacial score (nSPS) is 11.0. The van der Waals surface area contributed by atoms with Gasteiger partial charge in [0.05, 0.1) is 0 Å². The summed E-state index contributed by atoms with van der Waals surface area (Å²) in [5.74, 6) is 0.481. The van der Waals surface area contributed by atoms with Gasteiger partial charge in [0.25, 0.3) is 0 Å².